The van der Waals surface area contributed by atoms with E-state index in [1.165, 1.54) is 17.0 Å². The van der Waals surface area contributed by atoms with Gasteiger partial charge in [-0.3, -0.25) is 19.4 Å². The zero-order valence-corrected chi connectivity index (χ0v) is 26.1. The van der Waals surface area contributed by atoms with Gasteiger partial charge < -0.3 is 32.7 Å². The maximum Gasteiger partial charge on any atom is 0.416 e. The van der Waals surface area contributed by atoms with Gasteiger partial charge in [0.15, 0.2) is 0 Å². The zero-order valence-electron chi connectivity index (χ0n) is 25.2. The standard InChI is InChI=1S/C31H40F3N7O3S/c1-3-18(2)22-16-20(6-8-23(22)31(32,33)34)28(45)27(30(44)39-21-7-9-25-19(15-21)5-4-12-38-25)40-29(43)24(37)17-26(42)41(13-10-35)14-11-36/h4-9,12,15-16,18,24,27-28,45H,3,10-11,13-14,17,35-37H2,1-2H3,(H,39,44)(H,40,43). The molecule has 0 radical (unpaired) electrons. The molecule has 244 valence electrons. The van der Waals surface area contributed by atoms with E-state index in [0.29, 0.717) is 17.6 Å². The normalized spacial score (nSPS) is 14.3. The summed E-state index contributed by atoms with van der Waals surface area (Å²) in [6, 6.07) is 9.41. The molecule has 1 heterocycles. The smallest absolute Gasteiger partial charge is 0.342 e. The summed E-state index contributed by atoms with van der Waals surface area (Å²) in [5.74, 6) is -2.40. The van der Waals surface area contributed by atoms with Crippen molar-refractivity contribution in [3.05, 3.63) is 71.4 Å². The molecule has 45 heavy (non-hydrogen) atoms. The molecule has 14 heteroatoms. The van der Waals surface area contributed by atoms with Gasteiger partial charge in [-0.1, -0.05) is 32.0 Å². The highest BCUT2D eigenvalue weighted by Gasteiger charge is 2.36. The second kappa shape index (κ2) is 16.0. The van der Waals surface area contributed by atoms with E-state index in [9.17, 15) is 27.6 Å². The van der Waals surface area contributed by atoms with Crippen LogP contribution in [0.3, 0.4) is 0 Å². The fourth-order valence-electron chi connectivity index (χ4n) is 4.85. The Morgan fingerprint density at radius 3 is 2.33 bits per heavy atom. The van der Waals surface area contributed by atoms with Crippen LogP contribution in [0.4, 0.5) is 18.9 Å². The highest BCUT2D eigenvalue weighted by atomic mass is 32.1. The van der Waals surface area contributed by atoms with Crippen molar-refractivity contribution in [1.29, 1.82) is 0 Å². The van der Waals surface area contributed by atoms with Crippen LogP contribution in [0.5, 0.6) is 0 Å². The topological polar surface area (TPSA) is 169 Å². The van der Waals surface area contributed by atoms with Crippen LogP contribution >= 0.6 is 12.6 Å². The molecule has 0 fully saturated rings. The number of amides is 3. The van der Waals surface area contributed by atoms with Crippen LogP contribution in [0.1, 0.15) is 54.5 Å². The van der Waals surface area contributed by atoms with Crippen molar-refractivity contribution in [1.82, 2.24) is 15.2 Å². The Kier molecular flexibility index (Phi) is 12.7. The Hall–Kier alpha value is -3.72. The van der Waals surface area contributed by atoms with Crippen molar-refractivity contribution in [2.75, 3.05) is 31.5 Å². The molecule has 0 bridgehead atoms. The maximum atomic E-state index is 13.8. The summed E-state index contributed by atoms with van der Waals surface area (Å²) in [6.45, 7) is 4.28. The minimum atomic E-state index is -4.58. The van der Waals surface area contributed by atoms with Gasteiger partial charge in [0.25, 0.3) is 0 Å². The van der Waals surface area contributed by atoms with Crippen LogP contribution in [-0.2, 0) is 20.6 Å². The van der Waals surface area contributed by atoms with Crippen molar-refractivity contribution >= 4 is 46.9 Å². The molecule has 0 spiro atoms. The number of rotatable bonds is 14. The quantitative estimate of drug-likeness (QED) is 0.146. The lowest BCUT2D eigenvalue weighted by Crippen LogP contribution is -2.53. The van der Waals surface area contributed by atoms with Gasteiger partial charge in [-0.15, -0.1) is 0 Å². The Balaban J connectivity index is 1.94. The monoisotopic (exact) mass is 647 g/mol. The first kappa shape index (κ1) is 35.8. The van der Waals surface area contributed by atoms with Gasteiger partial charge in [0, 0.05) is 43.4 Å². The van der Waals surface area contributed by atoms with Crippen LogP contribution < -0.4 is 27.8 Å². The summed E-state index contributed by atoms with van der Waals surface area (Å²) in [6.07, 6.45) is -2.89. The molecule has 3 rings (SSSR count). The average Bonchev–Trinajstić information content (AvgIpc) is 3.01. The number of nitrogens with two attached hydrogens (primary N) is 3. The van der Waals surface area contributed by atoms with E-state index >= 15 is 0 Å². The fraction of sp³-hybridized carbons (Fsp3) is 0.419. The highest BCUT2D eigenvalue weighted by molar-refractivity contribution is 7.80. The van der Waals surface area contributed by atoms with Crippen LogP contribution in [0, 0.1) is 0 Å². The number of hydrogen-bond donors (Lipinski definition) is 6. The molecule has 10 nitrogen and oxygen atoms in total. The Morgan fingerprint density at radius 1 is 1.02 bits per heavy atom. The number of nitrogens with one attached hydrogen (secondary N) is 2. The Labute approximate surface area is 265 Å². The minimum Gasteiger partial charge on any atom is -0.342 e. The van der Waals surface area contributed by atoms with Crippen LogP contribution in [-0.4, -0.2) is 65.9 Å². The lowest BCUT2D eigenvalue weighted by molar-refractivity contribution is -0.138. The number of anilines is 1. The number of pyridine rings is 1. The van der Waals surface area contributed by atoms with E-state index in [1.807, 2.05) is 6.07 Å². The first-order valence-corrected chi connectivity index (χ1v) is 15.1. The molecule has 0 saturated heterocycles. The van der Waals surface area contributed by atoms with Gasteiger partial charge in [-0.2, -0.15) is 25.8 Å². The van der Waals surface area contributed by atoms with Gasteiger partial charge in [-0.25, -0.2) is 0 Å². The first-order chi connectivity index (χ1) is 21.3. The fourth-order valence-corrected chi connectivity index (χ4v) is 5.22. The molecular formula is C31H40F3N7O3S. The lowest BCUT2D eigenvalue weighted by atomic mass is 9.90. The summed E-state index contributed by atoms with van der Waals surface area (Å²) in [5, 5.41) is 4.99. The average molecular weight is 648 g/mol. The number of aromatic nitrogens is 1. The van der Waals surface area contributed by atoms with Crippen LogP contribution in [0.2, 0.25) is 0 Å². The predicted molar refractivity (Wildman–Crippen MR) is 171 cm³/mol. The van der Waals surface area contributed by atoms with Crippen molar-refractivity contribution < 1.29 is 27.6 Å². The lowest BCUT2D eigenvalue weighted by Gasteiger charge is -2.28. The summed E-state index contributed by atoms with van der Waals surface area (Å²) in [5.41, 5.74) is 17.9. The third-order valence-electron chi connectivity index (χ3n) is 7.51. The van der Waals surface area contributed by atoms with Crippen LogP contribution in [0.25, 0.3) is 10.9 Å². The van der Waals surface area contributed by atoms with Gasteiger partial charge in [0.05, 0.1) is 28.8 Å². The molecule has 0 aliphatic heterocycles. The van der Waals surface area contributed by atoms with E-state index < -0.39 is 52.7 Å². The molecule has 0 saturated carbocycles. The molecular weight excluding hydrogens is 607 g/mol. The maximum absolute atomic E-state index is 13.8. The number of carbonyl (C=O) groups is 3. The first-order valence-electron chi connectivity index (χ1n) is 14.6. The molecule has 1 aromatic heterocycles. The van der Waals surface area contributed by atoms with E-state index in [0.717, 1.165) is 11.5 Å². The van der Waals surface area contributed by atoms with Gasteiger partial charge in [0.1, 0.15) is 6.04 Å². The Morgan fingerprint density at radius 2 is 1.71 bits per heavy atom. The van der Waals surface area contributed by atoms with Crippen LogP contribution in [0.15, 0.2) is 54.7 Å². The predicted octanol–water partition coefficient (Wildman–Crippen LogP) is 3.32. The zero-order chi connectivity index (χ0) is 33.3. The number of halogens is 3. The molecule has 3 aromatic rings. The summed E-state index contributed by atoms with van der Waals surface area (Å²) < 4.78 is 41.5. The van der Waals surface area contributed by atoms with Crippen molar-refractivity contribution in [3.8, 4) is 0 Å². The third-order valence-corrected chi connectivity index (χ3v) is 8.11. The second-order valence-corrected chi connectivity index (χ2v) is 11.3. The number of thiol groups is 1. The molecule has 0 aliphatic rings. The summed E-state index contributed by atoms with van der Waals surface area (Å²) in [4.78, 5) is 45.4. The van der Waals surface area contributed by atoms with Crippen molar-refractivity contribution in [2.45, 2.75) is 56.1 Å². The van der Waals surface area contributed by atoms with Gasteiger partial charge in [-0.05, 0) is 53.8 Å². The molecule has 8 N–H and O–H groups in total. The van der Waals surface area contributed by atoms with Gasteiger partial charge >= 0.3 is 6.18 Å². The number of benzene rings is 2. The molecule has 4 unspecified atom stereocenters. The van der Waals surface area contributed by atoms with Crippen molar-refractivity contribution in [3.63, 3.8) is 0 Å². The number of hydrogen-bond acceptors (Lipinski definition) is 8. The van der Waals surface area contributed by atoms with E-state index in [2.05, 4.69) is 28.2 Å². The number of fused-ring (bicyclic) bond motifs is 1. The molecule has 0 aliphatic carbocycles. The SMILES string of the molecule is CCC(C)c1cc(C(S)C(NC(=O)C(N)CC(=O)N(CCN)CCN)C(=O)Nc2ccc3ncccc3c2)ccc1C(F)(F)F. The minimum absolute atomic E-state index is 0.0521. The summed E-state index contributed by atoms with van der Waals surface area (Å²) >= 11 is 4.62. The Bertz CT molecular complexity index is 1480. The highest BCUT2D eigenvalue weighted by Crippen LogP contribution is 2.38. The number of alkyl halides is 3. The van der Waals surface area contributed by atoms with E-state index in [1.54, 1.807) is 44.3 Å². The van der Waals surface area contributed by atoms with E-state index in [-0.39, 0.29) is 43.7 Å². The van der Waals surface area contributed by atoms with E-state index in [4.69, 9.17) is 17.2 Å². The molecule has 3 amide bonds. The largest absolute Gasteiger partial charge is 0.416 e. The second-order valence-electron chi connectivity index (χ2n) is 10.8. The molecule has 4 atom stereocenters. The number of nitrogens with zero attached hydrogens (tertiary/aromatic N) is 2. The van der Waals surface area contributed by atoms with Gasteiger partial charge in [0.2, 0.25) is 17.7 Å². The third kappa shape index (κ3) is 9.39. The molecule has 2 aromatic carbocycles. The number of carbonyl (C=O) groups excluding carboxylic acids is 3. The summed E-state index contributed by atoms with van der Waals surface area (Å²) in [7, 11) is 0. The van der Waals surface area contributed by atoms with Crippen molar-refractivity contribution in [2.24, 2.45) is 17.2 Å².